The number of aliphatic hydroxyl groups is 1. The topological polar surface area (TPSA) is 33.1 Å². The summed E-state index contributed by atoms with van der Waals surface area (Å²) in [5, 5.41) is 13.5. The van der Waals surface area contributed by atoms with Gasteiger partial charge in [-0.05, 0) is 32.1 Å². The molecule has 0 saturated heterocycles. The van der Waals surface area contributed by atoms with Crippen LogP contribution in [-0.4, -0.2) is 15.7 Å². The molecule has 78 valence electrons. The summed E-state index contributed by atoms with van der Waals surface area (Å²) in [6, 6.07) is 0. The average molecular weight is 211 g/mol. The number of aryl methyl sites for hydroxylation is 1. The van der Waals surface area contributed by atoms with Crippen molar-refractivity contribution in [3.05, 3.63) is 16.1 Å². The van der Waals surface area contributed by atoms with Crippen LogP contribution in [0.2, 0.25) is 0 Å². The van der Waals surface area contributed by atoms with Crippen LogP contribution in [0.15, 0.2) is 5.38 Å². The molecule has 1 unspecified atom stereocenters. The van der Waals surface area contributed by atoms with E-state index < -0.39 is 5.60 Å². The molecule has 3 heteroatoms. The third kappa shape index (κ3) is 1.71. The van der Waals surface area contributed by atoms with Gasteiger partial charge < -0.3 is 5.11 Å². The molecule has 1 fully saturated rings. The van der Waals surface area contributed by atoms with Gasteiger partial charge in [0, 0.05) is 11.8 Å². The Kier molecular flexibility index (Phi) is 2.20. The molecule has 1 N–H and O–H groups in total. The first-order chi connectivity index (χ1) is 6.43. The van der Waals surface area contributed by atoms with Crippen LogP contribution in [0, 0.1) is 12.3 Å². The van der Waals surface area contributed by atoms with E-state index in [1.807, 2.05) is 13.8 Å². The Balaban J connectivity index is 2.10. The molecule has 1 atom stereocenters. The average Bonchev–Trinajstić information content (AvgIpc) is 2.70. The van der Waals surface area contributed by atoms with E-state index in [9.17, 15) is 5.11 Å². The van der Waals surface area contributed by atoms with Crippen LogP contribution in [0.25, 0.3) is 0 Å². The van der Waals surface area contributed by atoms with Crippen LogP contribution >= 0.6 is 11.3 Å². The Morgan fingerprint density at radius 2 is 2.29 bits per heavy atom. The number of thiazole rings is 1. The zero-order chi connectivity index (χ0) is 10.4. The third-order valence-electron chi connectivity index (χ3n) is 3.49. The fourth-order valence-electron chi connectivity index (χ4n) is 1.78. The molecule has 14 heavy (non-hydrogen) atoms. The summed E-state index contributed by atoms with van der Waals surface area (Å²) in [6.07, 6.45) is 2.97. The number of hydrogen-bond acceptors (Lipinski definition) is 3. The monoisotopic (exact) mass is 211 g/mol. The van der Waals surface area contributed by atoms with E-state index >= 15 is 0 Å². The van der Waals surface area contributed by atoms with Crippen LogP contribution in [0.1, 0.15) is 37.4 Å². The molecule has 1 aromatic heterocycles. The third-order valence-corrected chi connectivity index (χ3v) is 4.31. The SMILES string of the molecule is Cc1nc(CC(C)(O)C2(C)CC2)cs1. The van der Waals surface area contributed by atoms with Crippen molar-refractivity contribution in [2.75, 3.05) is 0 Å². The van der Waals surface area contributed by atoms with Crippen LogP contribution in [-0.2, 0) is 6.42 Å². The van der Waals surface area contributed by atoms with Crippen molar-refractivity contribution < 1.29 is 5.11 Å². The second kappa shape index (κ2) is 3.04. The first-order valence-electron chi connectivity index (χ1n) is 5.06. The van der Waals surface area contributed by atoms with Gasteiger partial charge in [-0.1, -0.05) is 6.92 Å². The van der Waals surface area contributed by atoms with Gasteiger partial charge in [0.25, 0.3) is 0 Å². The smallest absolute Gasteiger partial charge is 0.0897 e. The molecule has 0 aliphatic heterocycles. The Labute approximate surface area is 89.0 Å². The van der Waals surface area contributed by atoms with Crippen molar-refractivity contribution in [2.45, 2.75) is 45.6 Å². The lowest BCUT2D eigenvalue weighted by atomic mass is 9.84. The van der Waals surface area contributed by atoms with Crippen LogP contribution in [0.5, 0.6) is 0 Å². The summed E-state index contributed by atoms with van der Waals surface area (Å²) < 4.78 is 0. The van der Waals surface area contributed by atoms with Gasteiger partial charge in [-0.3, -0.25) is 0 Å². The summed E-state index contributed by atoms with van der Waals surface area (Å²) in [4.78, 5) is 4.40. The Morgan fingerprint density at radius 3 is 2.71 bits per heavy atom. The second-order valence-electron chi connectivity index (χ2n) is 4.87. The predicted octanol–water partition coefficient (Wildman–Crippen LogP) is 2.55. The van der Waals surface area contributed by atoms with Gasteiger partial charge in [0.2, 0.25) is 0 Å². The maximum Gasteiger partial charge on any atom is 0.0897 e. The number of hydrogen-bond donors (Lipinski definition) is 1. The quantitative estimate of drug-likeness (QED) is 0.833. The standard InChI is InChI=1S/C11H17NOS/c1-8-12-9(7-14-8)6-11(3,13)10(2)4-5-10/h7,13H,4-6H2,1-3H3. The van der Waals surface area contributed by atoms with Crippen LogP contribution < -0.4 is 0 Å². The van der Waals surface area contributed by atoms with Gasteiger partial charge in [-0.25, -0.2) is 4.98 Å². The van der Waals surface area contributed by atoms with E-state index in [0.29, 0.717) is 6.42 Å². The lowest BCUT2D eigenvalue weighted by Crippen LogP contribution is -2.36. The zero-order valence-electron chi connectivity index (χ0n) is 9.00. The van der Waals surface area contributed by atoms with Crippen molar-refractivity contribution in [1.82, 2.24) is 4.98 Å². The van der Waals surface area contributed by atoms with Gasteiger partial charge in [0.05, 0.1) is 16.3 Å². The van der Waals surface area contributed by atoms with E-state index in [4.69, 9.17) is 0 Å². The second-order valence-corrected chi connectivity index (χ2v) is 5.93. The first-order valence-corrected chi connectivity index (χ1v) is 5.94. The maximum atomic E-state index is 10.3. The number of aromatic nitrogens is 1. The molecule has 1 heterocycles. The maximum absolute atomic E-state index is 10.3. The fourth-order valence-corrected chi connectivity index (χ4v) is 2.39. The zero-order valence-corrected chi connectivity index (χ0v) is 9.82. The summed E-state index contributed by atoms with van der Waals surface area (Å²) in [5.74, 6) is 0. The highest BCUT2D eigenvalue weighted by Crippen LogP contribution is 2.54. The van der Waals surface area contributed by atoms with E-state index in [2.05, 4.69) is 17.3 Å². The van der Waals surface area contributed by atoms with Gasteiger partial charge in [-0.15, -0.1) is 11.3 Å². The molecular formula is C11H17NOS. The summed E-state index contributed by atoms with van der Waals surface area (Å²) >= 11 is 1.65. The van der Waals surface area contributed by atoms with Gasteiger partial charge in [0.15, 0.2) is 0 Å². The lowest BCUT2D eigenvalue weighted by Gasteiger charge is -2.29. The normalized spacial score (nSPS) is 23.1. The summed E-state index contributed by atoms with van der Waals surface area (Å²) in [5.41, 5.74) is 0.573. The van der Waals surface area contributed by atoms with Gasteiger partial charge >= 0.3 is 0 Å². The lowest BCUT2D eigenvalue weighted by molar-refractivity contribution is -0.00772. The van der Waals surface area contributed by atoms with Gasteiger partial charge in [0.1, 0.15) is 0 Å². The van der Waals surface area contributed by atoms with Crippen molar-refractivity contribution >= 4 is 11.3 Å². The van der Waals surface area contributed by atoms with Crippen molar-refractivity contribution in [3.63, 3.8) is 0 Å². The first kappa shape index (κ1) is 10.1. The molecule has 2 rings (SSSR count). The molecule has 0 aromatic carbocycles. The van der Waals surface area contributed by atoms with E-state index in [1.165, 1.54) is 0 Å². The predicted molar refractivity (Wildman–Crippen MR) is 58.5 cm³/mol. The number of nitrogens with zero attached hydrogens (tertiary/aromatic N) is 1. The molecule has 1 aliphatic rings. The Hall–Kier alpha value is -0.410. The number of rotatable bonds is 3. The van der Waals surface area contributed by atoms with Gasteiger partial charge in [-0.2, -0.15) is 0 Å². The van der Waals surface area contributed by atoms with E-state index in [1.54, 1.807) is 11.3 Å². The van der Waals surface area contributed by atoms with E-state index in [0.717, 1.165) is 23.5 Å². The van der Waals surface area contributed by atoms with Crippen molar-refractivity contribution in [2.24, 2.45) is 5.41 Å². The molecule has 0 amide bonds. The molecule has 2 nitrogen and oxygen atoms in total. The van der Waals surface area contributed by atoms with Crippen LogP contribution in [0.4, 0.5) is 0 Å². The van der Waals surface area contributed by atoms with Crippen molar-refractivity contribution in [3.8, 4) is 0 Å². The minimum atomic E-state index is -0.590. The van der Waals surface area contributed by atoms with Crippen LogP contribution in [0.3, 0.4) is 0 Å². The molecule has 1 saturated carbocycles. The molecule has 1 aliphatic carbocycles. The minimum absolute atomic E-state index is 0.129. The Morgan fingerprint density at radius 1 is 1.64 bits per heavy atom. The molecular weight excluding hydrogens is 194 g/mol. The van der Waals surface area contributed by atoms with E-state index in [-0.39, 0.29) is 5.41 Å². The fraction of sp³-hybridized carbons (Fsp3) is 0.727. The summed E-state index contributed by atoms with van der Waals surface area (Å²) in [7, 11) is 0. The highest BCUT2D eigenvalue weighted by molar-refractivity contribution is 7.09. The molecule has 0 bridgehead atoms. The highest BCUT2D eigenvalue weighted by Gasteiger charge is 2.52. The largest absolute Gasteiger partial charge is 0.389 e. The minimum Gasteiger partial charge on any atom is -0.389 e. The summed E-state index contributed by atoms with van der Waals surface area (Å²) in [6.45, 7) is 6.10. The highest BCUT2D eigenvalue weighted by atomic mass is 32.1. The molecule has 1 aromatic rings. The Bertz CT molecular complexity index is 339. The molecule has 0 radical (unpaired) electrons. The van der Waals surface area contributed by atoms with Crippen molar-refractivity contribution in [1.29, 1.82) is 0 Å². The molecule has 0 spiro atoms.